The van der Waals surface area contributed by atoms with Gasteiger partial charge < -0.3 is 5.32 Å². The minimum Gasteiger partial charge on any atom is -0.312 e. The van der Waals surface area contributed by atoms with Gasteiger partial charge in [-0.2, -0.15) is 5.10 Å². The maximum atomic E-state index is 12.2. The van der Waals surface area contributed by atoms with Crippen LogP contribution in [-0.4, -0.2) is 36.5 Å². The number of aryl methyl sites for hydroxylation is 1. The Kier molecular flexibility index (Phi) is 5.96. The predicted molar refractivity (Wildman–Crippen MR) is 92.3 cm³/mol. The van der Waals surface area contributed by atoms with E-state index in [4.69, 9.17) is 0 Å². The molecule has 6 heteroatoms. The quantitative estimate of drug-likeness (QED) is 0.753. The molecular weight excluding hydrogens is 310 g/mol. The van der Waals surface area contributed by atoms with Gasteiger partial charge in [0.25, 0.3) is 0 Å². The molecule has 1 aromatic heterocycles. The van der Waals surface area contributed by atoms with Crippen molar-refractivity contribution >= 4 is 9.84 Å². The monoisotopic (exact) mass is 335 g/mol. The number of benzene rings is 1. The zero-order valence-electron chi connectivity index (χ0n) is 13.9. The molecule has 0 saturated heterocycles. The molecule has 0 aliphatic rings. The van der Waals surface area contributed by atoms with Crippen molar-refractivity contribution in [3.05, 3.63) is 48.3 Å². The SMILES string of the molecule is Cc1cnn(C(C)C(C)NCCCS(=O)(=O)c2ccccc2)c1. The summed E-state index contributed by atoms with van der Waals surface area (Å²) in [6.45, 7) is 6.87. The lowest BCUT2D eigenvalue weighted by atomic mass is 10.1. The highest BCUT2D eigenvalue weighted by Gasteiger charge is 2.16. The van der Waals surface area contributed by atoms with Crippen LogP contribution >= 0.6 is 0 Å². The molecule has 0 bridgehead atoms. The molecule has 5 nitrogen and oxygen atoms in total. The summed E-state index contributed by atoms with van der Waals surface area (Å²) in [5, 5.41) is 7.71. The first-order chi connectivity index (χ1) is 10.9. The first-order valence-electron chi connectivity index (χ1n) is 7.92. The fraction of sp³-hybridized carbons (Fsp3) is 0.471. The lowest BCUT2D eigenvalue weighted by Gasteiger charge is -2.21. The van der Waals surface area contributed by atoms with E-state index in [1.807, 2.05) is 30.1 Å². The third-order valence-electron chi connectivity index (χ3n) is 4.03. The summed E-state index contributed by atoms with van der Waals surface area (Å²) >= 11 is 0. The van der Waals surface area contributed by atoms with E-state index in [1.165, 1.54) is 0 Å². The largest absolute Gasteiger partial charge is 0.312 e. The van der Waals surface area contributed by atoms with Gasteiger partial charge in [-0.1, -0.05) is 18.2 Å². The number of rotatable bonds is 8. The number of sulfone groups is 1. The Bertz CT molecular complexity index is 710. The highest BCUT2D eigenvalue weighted by atomic mass is 32.2. The molecular formula is C17H25N3O2S. The van der Waals surface area contributed by atoms with Crippen molar-refractivity contribution < 1.29 is 8.42 Å². The second-order valence-electron chi connectivity index (χ2n) is 5.97. The highest BCUT2D eigenvalue weighted by molar-refractivity contribution is 7.91. The van der Waals surface area contributed by atoms with Crippen LogP contribution in [0.15, 0.2) is 47.6 Å². The first-order valence-corrected chi connectivity index (χ1v) is 9.57. The van der Waals surface area contributed by atoms with Crippen LogP contribution in [0.2, 0.25) is 0 Å². The molecule has 0 aliphatic carbocycles. The summed E-state index contributed by atoms with van der Waals surface area (Å²) in [6, 6.07) is 9.05. The topological polar surface area (TPSA) is 64.0 Å². The second kappa shape index (κ2) is 7.75. The van der Waals surface area contributed by atoms with Crippen molar-refractivity contribution in [3.63, 3.8) is 0 Å². The van der Waals surface area contributed by atoms with Gasteiger partial charge in [0.05, 0.1) is 22.9 Å². The van der Waals surface area contributed by atoms with E-state index < -0.39 is 9.84 Å². The molecule has 1 N–H and O–H groups in total. The molecule has 2 atom stereocenters. The van der Waals surface area contributed by atoms with Crippen molar-refractivity contribution in [2.75, 3.05) is 12.3 Å². The summed E-state index contributed by atoms with van der Waals surface area (Å²) < 4.78 is 26.3. The third-order valence-corrected chi connectivity index (χ3v) is 5.85. The van der Waals surface area contributed by atoms with Gasteiger partial charge in [0.1, 0.15) is 0 Å². The smallest absolute Gasteiger partial charge is 0.178 e. The third kappa shape index (κ3) is 4.91. The van der Waals surface area contributed by atoms with E-state index >= 15 is 0 Å². The minimum atomic E-state index is -3.18. The van der Waals surface area contributed by atoms with Gasteiger partial charge in [-0.3, -0.25) is 4.68 Å². The average Bonchev–Trinajstić information content (AvgIpc) is 2.98. The molecule has 0 amide bonds. The molecule has 1 aromatic carbocycles. The van der Waals surface area contributed by atoms with Gasteiger partial charge in [0.2, 0.25) is 0 Å². The van der Waals surface area contributed by atoms with Crippen molar-refractivity contribution in [1.29, 1.82) is 0 Å². The maximum absolute atomic E-state index is 12.2. The number of hydrogen-bond donors (Lipinski definition) is 1. The van der Waals surface area contributed by atoms with E-state index in [1.54, 1.807) is 24.3 Å². The molecule has 0 spiro atoms. The van der Waals surface area contributed by atoms with Crippen molar-refractivity contribution in [2.45, 2.75) is 44.2 Å². The average molecular weight is 335 g/mol. The van der Waals surface area contributed by atoms with Gasteiger partial charge in [-0.05, 0) is 51.4 Å². The van der Waals surface area contributed by atoms with Crippen LogP contribution in [0.3, 0.4) is 0 Å². The summed E-state index contributed by atoms with van der Waals surface area (Å²) in [6.07, 6.45) is 4.45. The van der Waals surface area contributed by atoms with Crippen LogP contribution in [0.25, 0.3) is 0 Å². The van der Waals surface area contributed by atoms with E-state index in [-0.39, 0.29) is 17.8 Å². The lowest BCUT2D eigenvalue weighted by Crippen LogP contribution is -2.35. The van der Waals surface area contributed by atoms with Crippen LogP contribution in [0.4, 0.5) is 0 Å². The molecule has 0 radical (unpaired) electrons. The van der Waals surface area contributed by atoms with Gasteiger partial charge in [-0.25, -0.2) is 8.42 Å². The van der Waals surface area contributed by atoms with Gasteiger partial charge in [0.15, 0.2) is 9.84 Å². The van der Waals surface area contributed by atoms with Gasteiger partial charge in [0, 0.05) is 12.2 Å². The predicted octanol–water partition coefficient (Wildman–Crippen LogP) is 2.59. The van der Waals surface area contributed by atoms with E-state index in [2.05, 4.69) is 24.3 Å². The number of nitrogens with one attached hydrogen (secondary N) is 1. The molecule has 2 rings (SSSR count). The first kappa shape index (κ1) is 17.7. The van der Waals surface area contributed by atoms with Crippen molar-refractivity contribution in [3.8, 4) is 0 Å². The number of aromatic nitrogens is 2. The summed E-state index contributed by atoms with van der Waals surface area (Å²) in [7, 11) is -3.18. The molecule has 126 valence electrons. The van der Waals surface area contributed by atoms with Crippen LogP contribution in [0.1, 0.15) is 31.9 Å². The molecule has 0 saturated carbocycles. The fourth-order valence-electron chi connectivity index (χ4n) is 2.39. The molecule has 0 fully saturated rings. The zero-order chi connectivity index (χ0) is 16.9. The normalized spacial score (nSPS) is 14.6. The summed E-state index contributed by atoms with van der Waals surface area (Å²) in [5.41, 5.74) is 1.14. The Morgan fingerprint density at radius 2 is 1.91 bits per heavy atom. The summed E-state index contributed by atoms with van der Waals surface area (Å²) in [4.78, 5) is 0.397. The minimum absolute atomic E-state index is 0.159. The van der Waals surface area contributed by atoms with Crippen LogP contribution < -0.4 is 5.32 Å². The van der Waals surface area contributed by atoms with E-state index in [0.29, 0.717) is 17.9 Å². The van der Waals surface area contributed by atoms with Crippen LogP contribution in [0, 0.1) is 6.92 Å². The Labute approximate surface area is 138 Å². The van der Waals surface area contributed by atoms with Crippen molar-refractivity contribution in [1.82, 2.24) is 15.1 Å². The number of hydrogen-bond acceptors (Lipinski definition) is 4. The molecule has 2 unspecified atom stereocenters. The Morgan fingerprint density at radius 3 is 2.52 bits per heavy atom. The Hall–Kier alpha value is -1.66. The maximum Gasteiger partial charge on any atom is 0.178 e. The molecule has 1 heterocycles. The standard InChI is InChI=1S/C17H25N3O2S/c1-14-12-19-20(13-14)16(3)15(2)18-10-7-11-23(21,22)17-8-5-4-6-9-17/h4-6,8-9,12-13,15-16,18H,7,10-11H2,1-3H3. The van der Waals surface area contributed by atoms with E-state index in [9.17, 15) is 8.42 Å². The molecule has 0 aliphatic heterocycles. The molecule has 23 heavy (non-hydrogen) atoms. The fourth-order valence-corrected chi connectivity index (χ4v) is 3.72. The highest BCUT2D eigenvalue weighted by Crippen LogP contribution is 2.12. The molecule has 2 aromatic rings. The van der Waals surface area contributed by atoms with E-state index in [0.717, 1.165) is 5.56 Å². The van der Waals surface area contributed by atoms with Crippen LogP contribution in [-0.2, 0) is 9.84 Å². The number of nitrogens with zero attached hydrogens (tertiary/aromatic N) is 2. The zero-order valence-corrected chi connectivity index (χ0v) is 14.8. The van der Waals surface area contributed by atoms with Gasteiger partial charge >= 0.3 is 0 Å². The van der Waals surface area contributed by atoms with Crippen molar-refractivity contribution in [2.24, 2.45) is 0 Å². The van der Waals surface area contributed by atoms with Gasteiger partial charge in [-0.15, -0.1) is 0 Å². The Balaban J connectivity index is 1.79. The Morgan fingerprint density at radius 1 is 1.22 bits per heavy atom. The second-order valence-corrected chi connectivity index (χ2v) is 8.08. The van der Waals surface area contributed by atoms with Crippen LogP contribution in [0.5, 0.6) is 0 Å². The summed E-state index contributed by atoms with van der Waals surface area (Å²) in [5.74, 6) is 0.159. The lowest BCUT2D eigenvalue weighted by molar-refractivity contribution is 0.367.